The van der Waals surface area contributed by atoms with Crippen LogP contribution in [-0.2, 0) is 11.3 Å². The normalized spacial score (nSPS) is 14.3. The van der Waals surface area contributed by atoms with E-state index in [0.717, 1.165) is 47.8 Å². The van der Waals surface area contributed by atoms with E-state index in [4.69, 9.17) is 10.1 Å². The summed E-state index contributed by atoms with van der Waals surface area (Å²) in [6.45, 7) is 1.97. The van der Waals surface area contributed by atoms with E-state index in [0.29, 0.717) is 22.4 Å². The summed E-state index contributed by atoms with van der Waals surface area (Å²) in [5.41, 5.74) is 3.44. The number of halogens is 1. The van der Waals surface area contributed by atoms with E-state index < -0.39 is 5.82 Å². The van der Waals surface area contributed by atoms with Crippen molar-refractivity contribution in [1.82, 2.24) is 14.2 Å². The van der Waals surface area contributed by atoms with Crippen LogP contribution in [0.1, 0.15) is 55.1 Å². The Labute approximate surface area is 231 Å². The summed E-state index contributed by atoms with van der Waals surface area (Å²) in [6.07, 6.45) is 7.10. The van der Waals surface area contributed by atoms with Crippen LogP contribution in [0.2, 0.25) is 0 Å². The molecular formula is C32H30FN5O2. The molecule has 0 bridgehead atoms. The number of hydrogen-bond donors (Lipinski definition) is 1. The maximum atomic E-state index is 13.6. The van der Waals surface area contributed by atoms with Crippen molar-refractivity contribution < 1.29 is 9.18 Å². The van der Waals surface area contributed by atoms with Crippen LogP contribution < -0.4 is 10.9 Å². The van der Waals surface area contributed by atoms with Gasteiger partial charge in [-0.3, -0.25) is 9.59 Å². The Balaban J connectivity index is 1.40. The third kappa shape index (κ3) is 4.93. The molecule has 40 heavy (non-hydrogen) atoms. The molecule has 202 valence electrons. The minimum atomic E-state index is -0.412. The summed E-state index contributed by atoms with van der Waals surface area (Å²) in [6, 6.07) is 21.0. The van der Waals surface area contributed by atoms with Crippen molar-refractivity contribution in [3.8, 4) is 0 Å². The predicted octanol–water partition coefficient (Wildman–Crippen LogP) is 6.37. The van der Waals surface area contributed by atoms with Crippen LogP contribution in [0, 0.1) is 12.7 Å². The molecule has 3 aromatic carbocycles. The number of carbonyl (C=O) groups excluding carboxylic acids is 1. The number of para-hydroxylation sites is 2. The molecule has 1 N–H and O–H groups in total. The quantitative estimate of drug-likeness (QED) is 0.257. The Kier molecular flexibility index (Phi) is 6.99. The van der Waals surface area contributed by atoms with Gasteiger partial charge in [0.25, 0.3) is 5.56 Å². The molecule has 0 saturated heterocycles. The number of aromatic nitrogens is 3. The first-order valence-electron chi connectivity index (χ1n) is 13.7. The fourth-order valence-corrected chi connectivity index (χ4v) is 5.73. The Morgan fingerprint density at radius 2 is 1.77 bits per heavy atom. The Bertz CT molecular complexity index is 1810. The summed E-state index contributed by atoms with van der Waals surface area (Å²) in [5, 5.41) is 8.97. The number of amides is 1. The van der Waals surface area contributed by atoms with E-state index in [2.05, 4.69) is 5.32 Å². The van der Waals surface area contributed by atoms with Gasteiger partial charge in [0.1, 0.15) is 18.2 Å². The number of benzene rings is 3. The molecular weight excluding hydrogens is 505 g/mol. The van der Waals surface area contributed by atoms with Gasteiger partial charge in [0, 0.05) is 33.8 Å². The maximum Gasteiger partial charge on any atom is 0.282 e. The minimum Gasteiger partial charge on any atom is -0.335 e. The van der Waals surface area contributed by atoms with E-state index in [-0.39, 0.29) is 23.9 Å². The van der Waals surface area contributed by atoms with Gasteiger partial charge in [-0.15, -0.1) is 0 Å². The SMILES string of the molecule is Cc1c(C=Nn2c(C3CCCCC3)nc3ccccc3c2=O)c2ccccc2n1CC(=O)Nc1cccc(F)c1. The molecule has 2 aromatic heterocycles. The van der Waals surface area contributed by atoms with Crippen LogP contribution in [0.3, 0.4) is 0 Å². The van der Waals surface area contributed by atoms with Crippen molar-refractivity contribution in [1.29, 1.82) is 0 Å². The lowest BCUT2D eigenvalue weighted by Crippen LogP contribution is -2.25. The summed E-state index contributed by atoms with van der Waals surface area (Å²) in [7, 11) is 0. The molecule has 1 aliphatic carbocycles. The highest BCUT2D eigenvalue weighted by molar-refractivity contribution is 6.02. The zero-order valence-corrected chi connectivity index (χ0v) is 22.3. The molecule has 1 fully saturated rings. The first-order valence-corrected chi connectivity index (χ1v) is 13.7. The molecule has 1 aliphatic rings. The first kappa shape index (κ1) is 25.7. The second-order valence-corrected chi connectivity index (χ2v) is 10.3. The van der Waals surface area contributed by atoms with Gasteiger partial charge in [0.2, 0.25) is 5.91 Å². The fourth-order valence-electron chi connectivity index (χ4n) is 5.73. The van der Waals surface area contributed by atoms with Crippen LogP contribution in [0.15, 0.2) is 82.7 Å². The van der Waals surface area contributed by atoms with Crippen LogP contribution >= 0.6 is 0 Å². The third-order valence-corrected chi connectivity index (χ3v) is 7.74. The Morgan fingerprint density at radius 3 is 2.58 bits per heavy atom. The smallest absolute Gasteiger partial charge is 0.282 e. The average Bonchev–Trinajstić information content (AvgIpc) is 3.23. The van der Waals surface area contributed by atoms with Gasteiger partial charge in [0.05, 0.1) is 17.1 Å². The van der Waals surface area contributed by atoms with E-state index in [1.54, 1.807) is 24.4 Å². The largest absolute Gasteiger partial charge is 0.335 e. The number of nitrogens with one attached hydrogen (secondary N) is 1. The summed E-state index contributed by atoms with van der Waals surface area (Å²) < 4.78 is 17.0. The lowest BCUT2D eigenvalue weighted by molar-refractivity contribution is -0.116. The van der Waals surface area contributed by atoms with E-state index >= 15 is 0 Å². The van der Waals surface area contributed by atoms with Gasteiger partial charge < -0.3 is 9.88 Å². The van der Waals surface area contributed by atoms with Gasteiger partial charge >= 0.3 is 0 Å². The number of nitrogens with zero attached hydrogens (tertiary/aromatic N) is 4. The summed E-state index contributed by atoms with van der Waals surface area (Å²) >= 11 is 0. The fraction of sp³-hybridized carbons (Fsp3) is 0.250. The van der Waals surface area contributed by atoms with Gasteiger partial charge in [-0.25, -0.2) is 9.37 Å². The molecule has 1 amide bonds. The van der Waals surface area contributed by atoms with Crippen molar-refractivity contribution in [3.63, 3.8) is 0 Å². The maximum absolute atomic E-state index is 13.6. The molecule has 1 saturated carbocycles. The topological polar surface area (TPSA) is 81.3 Å². The van der Waals surface area contributed by atoms with Crippen molar-refractivity contribution >= 4 is 39.6 Å². The van der Waals surface area contributed by atoms with Crippen molar-refractivity contribution in [2.24, 2.45) is 5.10 Å². The van der Waals surface area contributed by atoms with Gasteiger partial charge in [0.15, 0.2) is 0 Å². The highest BCUT2D eigenvalue weighted by Gasteiger charge is 2.23. The molecule has 0 spiro atoms. The van der Waals surface area contributed by atoms with E-state index in [9.17, 15) is 14.0 Å². The highest BCUT2D eigenvalue weighted by atomic mass is 19.1. The second kappa shape index (κ2) is 10.9. The highest BCUT2D eigenvalue weighted by Crippen LogP contribution is 2.32. The first-order chi connectivity index (χ1) is 19.5. The lowest BCUT2D eigenvalue weighted by Gasteiger charge is -2.22. The summed E-state index contributed by atoms with van der Waals surface area (Å²) in [5.74, 6) is 0.199. The third-order valence-electron chi connectivity index (χ3n) is 7.74. The van der Waals surface area contributed by atoms with Crippen LogP contribution in [0.5, 0.6) is 0 Å². The molecule has 2 heterocycles. The van der Waals surface area contributed by atoms with Gasteiger partial charge in [-0.2, -0.15) is 9.78 Å². The number of hydrogen-bond acceptors (Lipinski definition) is 4. The number of anilines is 1. The summed E-state index contributed by atoms with van der Waals surface area (Å²) in [4.78, 5) is 31.5. The minimum absolute atomic E-state index is 0.0432. The molecule has 0 atom stereocenters. The van der Waals surface area contributed by atoms with Crippen LogP contribution in [-0.4, -0.2) is 26.3 Å². The van der Waals surface area contributed by atoms with Gasteiger partial charge in [-0.05, 0) is 56.2 Å². The lowest BCUT2D eigenvalue weighted by atomic mass is 9.88. The van der Waals surface area contributed by atoms with Crippen LogP contribution in [0.25, 0.3) is 21.8 Å². The molecule has 5 aromatic rings. The zero-order valence-electron chi connectivity index (χ0n) is 22.3. The predicted molar refractivity (Wildman–Crippen MR) is 157 cm³/mol. The zero-order chi connectivity index (χ0) is 27.6. The molecule has 7 nitrogen and oxygen atoms in total. The number of fused-ring (bicyclic) bond motifs is 2. The molecule has 8 heteroatoms. The number of rotatable bonds is 6. The molecule has 6 rings (SSSR count). The number of carbonyl (C=O) groups is 1. The Morgan fingerprint density at radius 1 is 1.02 bits per heavy atom. The van der Waals surface area contributed by atoms with Crippen molar-refractivity contribution in [2.75, 3.05) is 5.32 Å². The van der Waals surface area contributed by atoms with Crippen molar-refractivity contribution in [2.45, 2.75) is 51.5 Å². The van der Waals surface area contributed by atoms with E-state index in [1.165, 1.54) is 23.2 Å². The molecule has 0 unspecified atom stereocenters. The van der Waals surface area contributed by atoms with Crippen molar-refractivity contribution in [3.05, 3.63) is 106 Å². The molecule has 0 radical (unpaired) electrons. The standard InChI is InChI=1S/C32H30FN5O2/c1-21-27(25-14-6-8-17-29(25)37(21)20-30(39)35-24-13-9-12-23(33)18-24)19-34-38-31(22-10-3-2-4-11-22)36-28-16-7-5-15-26(28)32(38)40/h5-9,12-19,22H,2-4,10-11,20H2,1H3,(H,35,39). The van der Waals surface area contributed by atoms with Crippen LogP contribution in [0.4, 0.5) is 10.1 Å². The molecule has 0 aliphatic heterocycles. The van der Waals surface area contributed by atoms with E-state index in [1.807, 2.05) is 54.0 Å². The average molecular weight is 536 g/mol. The Hall–Kier alpha value is -4.59. The monoisotopic (exact) mass is 535 g/mol. The second-order valence-electron chi connectivity index (χ2n) is 10.3. The van der Waals surface area contributed by atoms with Gasteiger partial charge in [-0.1, -0.05) is 55.7 Å².